The molecule has 1 N–H and O–H groups in total. The molecule has 0 saturated carbocycles. The van der Waals surface area contributed by atoms with Crippen molar-refractivity contribution in [1.29, 1.82) is 0 Å². The van der Waals surface area contributed by atoms with E-state index in [4.69, 9.17) is 19.4 Å². The molecular weight excluding hydrogens is 402 g/mol. The molecule has 2 aromatic carbocycles. The van der Waals surface area contributed by atoms with Gasteiger partial charge in [0.2, 0.25) is 0 Å². The Morgan fingerprint density at radius 3 is 2.40 bits per heavy atom. The van der Waals surface area contributed by atoms with Crippen LogP contribution in [0.15, 0.2) is 66.1 Å². The predicted octanol–water partition coefficient (Wildman–Crippen LogP) is 5.16. The smallest absolute Gasteiger partial charge is 0.298 e. The maximum absolute atomic E-state index is 10.9. The Morgan fingerprint density at radius 2 is 1.80 bits per heavy atom. The lowest BCUT2D eigenvalue weighted by Crippen LogP contribution is -2.16. The average molecular weight is 426 g/mol. The van der Waals surface area contributed by atoms with Gasteiger partial charge >= 0.3 is 0 Å². The highest BCUT2D eigenvalue weighted by atomic mass is 32.1. The van der Waals surface area contributed by atoms with Crippen LogP contribution >= 0.6 is 11.3 Å². The molecule has 3 aromatic rings. The Kier molecular flexibility index (Phi) is 8.65. The summed E-state index contributed by atoms with van der Waals surface area (Å²) in [4.78, 5) is 22.4. The van der Waals surface area contributed by atoms with Gasteiger partial charge in [0, 0.05) is 34.4 Å². The minimum Gasteiger partial charge on any atom is -0.496 e. The van der Waals surface area contributed by atoms with Crippen LogP contribution in [0.25, 0.3) is 16.1 Å². The molecule has 0 spiro atoms. The number of hydrogen-bond acceptors (Lipinski definition) is 6. The van der Waals surface area contributed by atoms with Gasteiger partial charge in [-0.05, 0) is 48.7 Å². The summed E-state index contributed by atoms with van der Waals surface area (Å²) in [6.45, 7) is 2.17. The average Bonchev–Trinajstić information content (AvgIpc) is 3.30. The second-order valence-electron chi connectivity index (χ2n) is 5.91. The van der Waals surface area contributed by atoms with E-state index in [2.05, 4.69) is 22.4 Å². The molecule has 0 amide bonds. The highest BCUT2D eigenvalue weighted by molar-refractivity contribution is 7.13. The maximum atomic E-state index is 10.9. The van der Waals surface area contributed by atoms with Gasteiger partial charge in [-0.15, -0.1) is 11.3 Å². The van der Waals surface area contributed by atoms with Crippen LogP contribution in [-0.2, 0) is 9.59 Å². The number of nitrogens with zero attached hydrogens (tertiary/aromatic N) is 1. The highest BCUT2D eigenvalue weighted by Gasteiger charge is 2.16. The molecule has 0 radical (unpaired) electrons. The van der Waals surface area contributed by atoms with Crippen LogP contribution < -0.4 is 14.4 Å². The highest BCUT2D eigenvalue weighted by Crippen LogP contribution is 2.38. The van der Waals surface area contributed by atoms with Crippen LogP contribution in [-0.4, -0.2) is 32.2 Å². The van der Waals surface area contributed by atoms with Crippen LogP contribution in [0.2, 0.25) is 0 Å². The molecule has 0 aliphatic rings. The van der Waals surface area contributed by atoms with Crippen molar-refractivity contribution in [3.63, 3.8) is 0 Å². The quantitative estimate of drug-likeness (QED) is 0.527. The molecule has 3 rings (SSSR count). The van der Waals surface area contributed by atoms with Gasteiger partial charge in [-0.1, -0.05) is 24.3 Å². The van der Waals surface area contributed by atoms with Gasteiger partial charge in [0.1, 0.15) is 11.5 Å². The summed E-state index contributed by atoms with van der Waals surface area (Å²) >= 11 is 1.67. The number of methoxy groups -OCH3 is 1. The molecule has 7 heteroatoms. The summed E-state index contributed by atoms with van der Waals surface area (Å²) < 4.78 is 10.7. The summed E-state index contributed by atoms with van der Waals surface area (Å²) in [5.41, 5.74) is 3.84. The first-order chi connectivity index (χ1) is 14.6. The number of carbonyl (C=O) groups excluding carboxylic acids is 1. The Hall–Kier alpha value is -3.58. The summed E-state index contributed by atoms with van der Waals surface area (Å²) in [7, 11) is 3.67. The van der Waals surface area contributed by atoms with Crippen LogP contribution in [0.5, 0.6) is 11.5 Å². The van der Waals surface area contributed by atoms with E-state index in [-0.39, 0.29) is 6.47 Å². The second kappa shape index (κ2) is 11.4. The van der Waals surface area contributed by atoms with E-state index in [0.717, 1.165) is 33.1 Å². The molecule has 0 fully saturated rings. The van der Waals surface area contributed by atoms with Gasteiger partial charge in [-0.2, -0.15) is 0 Å². The molecule has 156 valence electrons. The van der Waals surface area contributed by atoms with E-state index in [1.807, 2.05) is 56.4 Å². The molecular formula is C23H23NO5S. The molecule has 0 aliphatic heterocycles. The first-order valence-electron chi connectivity index (χ1n) is 9.00. The van der Waals surface area contributed by atoms with E-state index >= 15 is 0 Å². The lowest BCUT2D eigenvalue weighted by molar-refractivity contribution is -0.123. The Labute approximate surface area is 179 Å². The number of thiophene rings is 1. The van der Waals surface area contributed by atoms with Gasteiger partial charge in [-0.25, -0.2) is 0 Å². The number of hydrogen-bond donors (Lipinski definition) is 1. The number of anilines is 1. The summed E-state index contributed by atoms with van der Waals surface area (Å²) in [5.74, 6) is 1.36. The molecule has 0 bridgehead atoms. The Bertz CT molecular complexity index is 999. The number of carboxylic acid groups (broad SMARTS) is 1. The molecule has 0 saturated heterocycles. The van der Waals surface area contributed by atoms with Gasteiger partial charge in [0.05, 0.1) is 7.11 Å². The minimum atomic E-state index is -0.250. The van der Waals surface area contributed by atoms with E-state index < -0.39 is 0 Å². The first kappa shape index (κ1) is 22.7. The van der Waals surface area contributed by atoms with E-state index in [1.165, 1.54) is 0 Å². The topological polar surface area (TPSA) is 76.1 Å². The van der Waals surface area contributed by atoms with Gasteiger partial charge < -0.3 is 19.5 Å². The molecule has 30 heavy (non-hydrogen) atoms. The number of benzene rings is 2. The van der Waals surface area contributed by atoms with E-state index in [0.29, 0.717) is 12.2 Å². The van der Waals surface area contributed by atoms with E-state index in [9.17, 15) is 4.79 Å². The number of carbonyl (C=O) groups is 2. The van der Waals surface area contributed by atoms with Gasteiger partial charge in [-0.3, -0.25) is 9.59 Å². The SMILES string of the molecule is C/C=C(\c1ccccc1OC=O)N(C)c1ccc(OC)c(-c2cccs2)c1.O=CO. The maximum Gasteiger partial charge on any atom is 0.298 e. The van der Waals surface area contributed by atoms with Crippen LogP contribution in [0.3, 0.4) is 0 Å². The second-order valence-corrected chi connectivity index (χ2v) is 6.86. The largest absolute Gasteiger partial charge is 0.496 e. The van der Waals surface area contributed by atoms with Crippen molar-refractivity contribution in [2.45, 2.75) is 6.92 Å². The third-order valence-electron chi connectivity index (χ3n) is 4.33. The van der Waals surface area contributed by atoms with Crippen molar-refractivity contribution in [3.05, 3.63) is 71.6 Å². The van der Waals surface area contributed by atoms with Crippen molar-refractivity contribution in [2.75, 3.05) is 19.1 Å². The zero-order chi connectivity index (χ0) is 21.9. The summed E-state index contributed by atoms with van der Waals surface area (Å²) in [5, 5.41) is 8.94. The molecule has 6 nitrogen and oxygen atoms in total. The zero-order valence-corrected chi connectivity index (χ0v) is 17.8. The molecule has 1 heterocycles. The lowest BCUT2D eigenvalue weighted by Gasteiger charge is -2.25. The fraction of sp³-hybridized carbons (Fsp3) is 0.130. The van der Waals surface area contributed by atoms with Crippen molar-refractivity contribution < 1.29 is 24.2 Å². The minimum absolute atomic E-state index is 0.250. The zero-order valence-electron chi connectivity index (χ0n) is 16.9. The Morgan fingerprint density at radius 1 is 1.07 bits per heavy atom. The number of ether oxygens (including phenoxy) is 2. The van der Waals surface area contributed by atoms with Crippen molar-refractivity contribution in [3.8, 4) is 21.9 Å². The molecule has 1 aromatic heterocycles. The fourth-order valence-corrected chi connectivity index (χ4v) is 3.78. The van der Waals surface area contributed by atoms with Crippen LogP contribution in [0.4, 0.5) is 5.69 Å². The third kappa shape index (κ3) is 5.27. The molecule has 0 aliphatic carbocycles. The predicted molar refractivity (Wildman–Crippen MR) is 120 cm³/mol. The van der Waals surface area contributed by atoms with Gasteiger partial charge in [0.15, 0.2) is 0 Å². The van der Waals surface area contributed by atoms with Crippen molar-refractivity contribution >= 4 is 35.7 Å². The van der Waals surface area contributed by atoms with E-state index in [1.54, 1.807) is 24.5 Å². The van der Waals surface area contributed by atoms with Crippen LogP contribution in [0, 0.1) is 0 Å². The Balaban J connectivity index is 0.00000101. The van der Waals surface area contributed by atoms with Crippen LogP contribution in [0.1, 0.15) is 12.5 Å². The number of rotatable bonds is 7. The summed E-state index contributed by atoms with van der Waals surface area (Å²) in [6.07, 6.45) is 2.00. The lowest BCUT2D eigenvalue weighted by atomic mass is 10.1. The van der Waals surface area contributed by atoms with Crippen molar-refractivity contribution in [2.24, 2.45) is 0 Å². The standard InChI is InChI=1S/C22H21NO3S.CH2O2/c1-4-19(17-8-5-6-9-21(17)26-15-24)23(2)16-11-12-20(25-3)18(14-16)22-10-7-13-27-22;2-1-3/h4-15H,1-3H3;1H,(H,2,3)/b19-4+;. The summed E-state index contributed by atoms with van der Waals surface area (Å²) in [6, 6.07) is 17.7. The van der Waals surface area contributed by atoms with Gasteiger partial charge in [0.25, 0.3) is 12.9 Å². The monoisotopic (exact) mass is 425 g/mol. The normalized spacial score (nSPS) is 10.4. The first-order valence-corrected chi connectivity index (χ1v) is 9.88. The number of allylic oxidation sites excluding steroid dienone is 1. The number of para-hydroxylation sites is 1. The fourth-order valence-electron chi connectivity index (χ4n) is 3.03. The molecule has 0 atom stereocenters. The third-order valence-corrected chi connectivity index (χ3v) is 5.23. The van der Waals surface area contributed by atoms with Crippen molar-refractivity contribution in [1.82, 2.24) is 0 Å². The molecule has 0 unspecified atom stereocenters.